The molecule has 1 unspecified atom stereocenters. The molecule has 33 heavy (non-hydrogen) atoms. The molecular weight excluding hydrogens is 419 g/mol. The van der Waals surface area contributed by atoms with Gasteiger partial charge < -0.3 is 14.6 Å². The van der Waals surface area contributed by atoms with E-state index in [1.54, 1.807) is 25.6 Å². The Morgan fingerprint density at radius 1 is 1.06 bits per heavy atom. The van der Waals surface area contributed by atoms with Crippen molar-refractivity contribution in [2.45, 2.75) is 39.2 Å². The fraction of sp³-hybridized carbons (Fsp3) is 0.280. The SMILES string of the molecule is COc1nc(-c2nnc(NC(C)c3ccc(F)cc3)c3c2CCC3)ccc1-n1cnc(C)c1. The van der Waals surface area contributed by atoms with Crippen LogP contribution in [0.15, 0.2) is 48.9 Å². The lowest BCUT2D eigenvalue weighted by Gasteiger charge is -2.18. The van der Waals surface area contributed by atoms with Gasteiger partial charge in [0.2, 0.25) is 5.88 Å². The molecule has 1 atom stereocenters. The Morgan fingerprint density at radius 3 is 2.58 bits per heavy atom. The fourth-order valence-electron chi connectivity index (χ4n) is 4.31. The second-order valence-electron chi connectivity index (χ2n) is 8.27. The third kappa shape index (κ3) is 4.04. The highest BCUT2D eigenvalue weighted by atomic mass is 19.1. The fourth-order valence-corrected chi connectivity index (χ4v) is 4.31. The van der Waals surface area contributed by atoms with Crippen molar-refractivity contribution in [2.75, 3.05) is 12.4 Å². The summed E-state index contributed by atoms with van der Waals surface area (Å²) in [4.78, 5) is 9.03. The third-order valence-electron chi connectivity index (χ3n) is 6.03. The molecule has 0 spiro atoms. The lowest BCUT2D eigenvalue weighted by Crippen LogP contribution is -2.12. The summed E-state index contributed by atoms with van der Waals surface area (Å²) < 4.78 is 20.7. The number of methoxy groups -OCH3 is 1. The number of pyridine rings is 1. The number of halogens is 1. The number of hydrogen-bond acceptors (Lipinski definition) is 6. The molecule has 0 radical (unpaired) electrons. The molecule has 1 aliphatic carbocycles. The van der Waals surface area contributed by atoms with Crippen molar-refractivity contribution in [1.29, 1.82) is 0 Å². The molecule has 0 amide bonds. The number of aryl methyl sites for hydroxylation is 1. The highest BCUT2D eigenvalue weighted by Crippen LogP contribution is 2.36. The number of imidazole rings is 1. The van der Waals surface area contributed by atoms with Gasteiger partial charge in [0.05, 0.1) is 30.9 Å². The van der Waals surface area contributed by atoms with Gasteiger partial charge in [0.1, 0.15) is 17.2 Å². The van der Waals surface area contributed by atoms with E-state index in [1.165, 1.54) is 23.3 Å². The zero-order valence-electron chi connectivity index (χ0n) is 18.8. The summed E-state index contributed by atoms with van der Waals surface area (Å²) in [5.74, 6) is 1.04. The van der Waals surface area contributed by atoms with Crippen molar-refractivity contribution in [2.24, 2.45) is 0 Å². The van der Waals surface area contributed by atoms with Crippen LogP contribution in [0.4, 0.5) is 10.2 Å². The summed E-state index contributed by atoms with van der Waals surface area (Å²) in [6.07, 6.45) is 6.57. The molecule has 3 heterocycles. The summed E-state index contributed by atoms with van der Waals surface area (Å²) in [5, 5.41) is 12.5. The summed E-state index contributed by atoms with van der Waals surface area (Å²) in [6, 6.07) is 10.4. The van der Waals surface area contributed by atoms with Crippen molar-refractivity contribution in [3.63, 3.8) is 0 Å². The van der Waals surface area contributed by atoms with E-state index in [-0.39, 0.29) is 11.9 Å². The Morgan fingerprint density at radius 2 is 1.85 bits per heavy atom. The molecule has 0 bridgehead atoms. The minimum atomic E-state index is -0.242. The number of ether oxygens (including phenoxy) is 1. The van der Waals surface area contributed by atoms with Crippen LogP contribution in [-0.4, -0.2) is 31.8 Å². The van der Waals surface area contributed by atoms with Crippen LogP contribution in [0.5, 0.6) is 5.88 Å². The first kappa shape index (κ1) is 21.1. The van der Waals surface area contributed by atoms with E-state index in [9.17, 15) is 4.39 Å². The van der Waals surface area contributed by atoms with Gasteiger partial charge in [0.15, 0.2) is 5.82 Å². The average molecular weight is 445 g/mol. The molecule has 0 saturated carbocycles. The molecule has 1 aromatic carbocycles. The van der Waals surface area contributed by atoms with E-state index in [4.69, 9.17) is 9.72 Å². The highest BCUT2D eigenvalue weighted by Gasteiger charge is 2.24. The zero-order valence-corrected chi connectivity index (χ0v) is 18.8. The second kappa shape index (κ2) is 8.61. The first-order chi connectivity index (χ1) is 16.0. The Bertz CT molecular complexity index is 1300. The van der Waals surface area contributed by atoms with Crippen LogP contribution in [0.3, 0.4) is 0 Å². The number of nitrogens with zero attached hydrogens (tertiary/aromatic N) is 5. The number of fused-ring (bicyclic) bond motifs is 1. The summed E-state index contributed by atoms with van der Waals surface area (Å²) in [6.45, 7) is 3.98. The Balaban J connectivity index is 1.47. The van der Waals surface area contributed by atoms with Crippen LogP contribution >= 0.6 is 0 Å². The zero-order chi connectivity index (χ0) is 22.9. The van der Waals surface area contributed by atoms with Crippen molar-refractivity contribution >= 4 is 5.82 Å². The van der Waals surface area contributed by atoms with E-state index in [1.807, 2.05) is 36.7 Å². The number of aromatic nitrogens is 5. The van der Waals surface area contributed by atoms with E-state index in [0.717, 1.165) is 53.4 Å². The monoisotopic (exact) mass is 444 g/mol. The Labute approximate surface area is 191 Å². The van der Waals surface area contributed by atoms with Gasteiger partial charge in [0, 0.05) is 11.8 Å². The summed E-state index contributed by atoms with van der Waals surface area (Å²) in [5.41, 5.74) is 6.58. The Kier molecular flexibility index (Phi) is 5.50. The standard InChI is InChI=1S/C25H25FN6O/c1-15-13-32(14-27-15)22-12-11-21(29-25(22)33-3)23-19-5-4-6-20(19)24(31-30-23)28-16(2)17-7-9-18(26)10-8-17/h7-14,16H,4-6H2,1-3H3,(H,28,31). The topological polar surface area (TPSA) is 77.8 Å². The van der Waals surface area contributed by atoms with Gasteiger partial charge in [-0.25, -0.2) is 14.4 Å². The molecule has 0 fully saturated rings. The number of anilines is 1. The minimum Gasteiger partial charge on any atom is -0.479 e. The third-order valence-corrected chi connectivity index (χ3v) is 6.03. The smallest absolute Gasteiger partial charge is 0.238 e. The van der Waals surface area contributed by atoms with Crippen LogP contribution in [-0.2, 0) is 12.8 Å². The first-order valence-corrected chi connectivity index (χ1v) is 11.0. The number of hydrogen-bond donors (Lipinski definition) is 1. The van der Waals surface area contributed by atoms with Gasteiger partial charge in [0.25, 0.3) is 0 Å². The van der Waals surface area contributed by atoms with E-state index < -0.39 is 0 Å². The largest absolute Gasteiger partial charge is 0.479 e. The molecule has 4 aromatic rings. The molecule has 168 valence electrons. The predicted octanol–water partition coefficient (Wildman–Crippen LogP) is 4.84. The lowest BCUT2D eigenvalue weighted by molar-refractivity contribution is 0.396. The molecule has 0 aliphatic heterocycles. The van der Waals surface area contributed by atoms with Gasteiger partial charge in [-0.1, -0.05) is 12.1 Å². The first-order valence-electron chi connectivity index (χ1n) is 11.0. The van der Waals surface area contributed by atoms with Crippen LogP contribution in [0.1, 0.15) is 41.8 Å². The van der Waals surface area contributed by atoms with Gasteiger partial charge in [-0.15, -0.1) is 10.2 Å². The van der Waals surface area contributed by atoms with Crippen molar-refractivity contribution in [1.82, 2.24) is 24.7 Å². The van der Waals surface area contributed by atoms with Gasteiger partial charge >= 0.3 is 0 Å². The van der Waals surface area contributed by atoms with Crippen LogP contribution < -0.4 is 10.1 Å². The van der Waals surface area contributed by atoms with E-state index in [0.29, 0.717) is 5.88 Å². The van der Waals surface area contributed by atoms with Gasteiger partial charge in [-0.2, -0.15) is 0 Å². The normalized spacial score (nSPS) is 13.6. The molecule has 8 heteroatoms. The Hall–Kier alpha value is -3.81. The maximum atomic E-state index is 13.3. The molecule has 1 aliphatic rings. The summed E-state index contributed by atoms with van der Waals surface area (Å²) >= 11 is 0. The average Bonchev–Trinajstić information content (AvgIpc) is 3.49. The molecule has 7 nitrogen and oxygen atoms in total. The van der Waals surface area contributed by atoms with Crippen LogP contribution in [0, 0.1) is 12.7 Å². The van der Waals surface area contributed by atoms with Crippen LogP contribution in [0.25, 0.3) is 17.1 Å². The predicted molar refractivity (Wildman–Crippen MR) is 124 cm³/mol. The number of benzene rings is 1. The van der Waals surface area contributed by atoms with Gasteiger partial charge in [-0.05, 0) is 68.5 Å². The molecule has 0 saturated heterocycles. The number of rotatable bonds is 6. The van der Waals surface area contributed by atoms with E-state index in [2.05, 4.69) is 20.5 Å². The van der Waals surface area contributed by atoms with Crippen molar-refractivity contribution in [3.8, 4) is 23.0 Å². The lowest BCUT2D eigenvalue weighted by atomic mass is 10.1. The molecular formula is C25H25FN6O. The molecule has 5 rings (SSSR count). The van der Waals surface area contributed by atoms with Gasteiger partial charge in [-0.3, -0.25) is 0 Å². The number of nitrogens with one attached hydrogen (secondary N) is 1. The maximum absolute atomic E-state index is 13.3. The molecule has 3 aromatic heterocycles. The van der Waals surface area contributed by atoms with Crippen LogP contribution in [0.2, 0.25) is 0 Å². The van der Waals surface area contributed by atoms with E-state index >= 15 is 0 Å². The second-order valence-corrected chi connectivity index (χ2v) is 8.27. The summed E-state index contributed by atoms with van der Waals surface area (Å²) in [7, 11) is 1.61. The van der Waals surface area contributed by atoms with Crippen molar-refractivity contribution in [3.05, 3.63) is 77.1 Å². The molecule has 1 N–H and O–H groups in total. The van der Waals surface area contributed by atoms with Crippen molar-refractivity contribution < 1.29 is 9.13 Å². The highest BCUT2D eigenvalue weighted by molar-refractivity contribution is 5.67. The maximum Gasteiger partial charge on any atom is 0.238 e. The minimum absolute atomic E-state index is 0.0217. The quantitative estimate of drug-likeness (QED) is 0.458.